The molecule has 0 saturated heterocycles. The second-order valence-corrected chi connectivity index (χ2v) is 8.64. The van der Waals surface area contributed by atoms with Gasteiger partial charge in [-0.15, -0.1) is 5.10 Å². The first-order chi connectivity index (χ1) is 16.6. The first-order valence-corrected chi connectivity index (χ1v) is 11.8. The lowest BCUT2D eigenvalue weighted by atomic mass is 9.98. The van der Waals surface area contributed by atoms with Gasteiger partial charge in [0.15, 0.2) is 5.82 Å². The minimum atomic E-state index is 0.372. The van der Waals surface area contributed by atoms with Gasteiger partial charge >= 0.3 is 0 Å². The van der Waals surface area contributed by atoms with Gasteiger partial charge in [-0.3, -0.25) is 0 Å². The van der Waals surface area contributed by atoms with Gasteiger partial charge in [0.2, 0.25) is 0 Å². The summed E-state index contributed by atoms with van der Waals surface area (Å²) in [6.45, 7) is 1.27. The van der Waals surface area contributed by atoms with Crippen molar-refractivity contribution in [3.05, 3.63) is 65.6 Å². The molecule has 0 spiro atoms. The summed E-state index contributed by atoms with van der Waals surface area (Å²) in [4.78, 5) is 0.667. The fourth-order valence-corrected chi connectivity index (χ4v) is 4.82. The van der Waals surface area contributed by atoms with Gasteiger partial charge in [0.25, 0.3) is 0 Å². The van der Waals surface area contributed by atoms with Crippen LogP contribution in [0.3, 0.4) is 0 Å². The number of ether oxygens (including phenoxy) is 3. The van der Waals surface area contributed by atoms with Crippen LogP contribution in [-0.4, -0.2) is 40.4 Å². The first kappa shape index (κ1) is 22.3. The number of benzene rings is 2. The van der Waals surface area contributed by atoms with Crippen molar-refractivity contribution in [3.63, 3.8) is 0 Å². The Hall–Kier alpha value is -3.52. The second-order valence-electron chi connectivity index (χ2n) is 8.23. The van der Waals surface area contributed by atoms with Gasteiger partial charge in [-0.05, 0) is 61.2 Å². The highest BCUT2D eigenvalue weighted by atomic mass is 32.1. The maximum atomic E-state index is 6.09. The predicted octanol–water partition coefficient (Wildman–Crippen LogP) is 4.63. The smallest absolute Gasteiger partial charge is 0.169 e. The van der Waals surface area contributed by atoms with Crippen LogP contribution in [0.1, 0.15) is 29.9 Å². The number of aryl methyl sites for hydroxylation is 2. The number of thiocarbonyl (C=S) groups is 1. The van der Waals surface area contributed by atoms with Crippen molar-refractivity contribution in [2.45, 2.75) is 32.4 Å². The summed E-state index contributed by atoms with van der Waals surface area (Å²) >= 11 is 5.77. The summed E-state index contributed by atoms with van der Waals surface area (Å²) in [5.41, 5.74) is 5.54. The summed E-state index contributed by atoms with van der Waals surface area (Å²) in [6.07, 6.45) is 3.17. The van der Waals surface area contributed by atoms with E-state index in [1.54, 1.807) is 14.2 Å². The summed E-state index contributed by atoms with van der Waals surface area (Å²) < 4.78 is 21.0. The third kappa shape index (κ3) is 3.88. The van der Waals surface area contributed by atoms with Crippen molar-refractivity contribution in [2.75, 3.05) is 21.3 Å². The van der Waals surface area contributed by atoms with Crippen LogP contribution >= 0.6 is 12.2 Å². The topological polar surface area (TPSA) is 62.0 Å². The molecule has 0 bridgehead atoms. The van der Waals surface area contributed by atoms with Crippen molar-refractivity contribution in [1.82, 2.24) is 19.5 Å². The summed E-state index contributed by atoms with van der Waals surface area (Å²) in [6, 6.07) is 15.8. The highest BCUT2D eigenvalue weighted by Crippen LogP contribution is 2.37. The van der Waals surface area contributed by atoms with E-state index in [2.05, 4.69) is 22.0 Å². The summed E-state index contributed by atoms with van der Waals surface area (Å²) in [7, 11) is 5.19. The molecule has 0 atom stereocenters. The van der Waals surface area contributed by atoms with E-state index < -0.39 is 0 Å². The molecule has 2 aromatic carbocycles. The second kappa shape index (κ2) is 9.38. The van der Waals surface area contributed by atoms with Crippen molar-refractivity contribution < 1.29 is 14.2 Å². The van der Waals surface area contributed by atoms with E-state index in [0.717, 1.165) is 71.3 Å². The summed E-state index contributed by atoms with van der Waals surface area (Å²) in [5.74, 6) is 3.29. The fraction of sp³-hybridized carbons (Fsp3) is 0.308. The molecule has 0 amide bonds. The van der Waals surface area contributed by atoms with Gasteiger partial charge in [0, 0.05) is 24.7 Å². The maximum absolute atomic E-state index is 6.09. The van der Waals surface area contributed by atoms with Crippen LogP contribution in [0.4, 0.5) is 0 Å². The molecule has 0 aliphatic carbocycles. The third-order valence-electron chi connectivity index (χ3n) is 6.31. The van der Waals surface area contributed by atoms with Crippen LogP contribution in [0.2, 0.25) is 0 Å². The lowest BCUT2D eigenvalue weighted by molar-refractivity contribution is 0.288. The Kier molecular flexibility index (Phi) is 6.15. The lowest BCUT2D eigenvalue weighted by Crippen LogP contribution is -2.20. The van der Waals surface area contributed by atoms with Gasteiger partial charge in [0.05, 0.1) is 14.2 Å². The highest BCUT2D eigenvalue weighted by molar-refractivity contribution is 7.80. The SMILES string of the molecule is CNC(=S)c1c(-c2ccc(OC)cc2)c2c3n(c(COc4ccc(OC)cc4)nn13)CCCC2. The number of nitrogens with zero attached hydrogens (tertiary/aromatic N) is 3. The molecule has 1 aliphatic rings. The molecule has 7 nitrogen and oxygen atoms in total. The Morgan fingerprint density at radius 1 is 0.971 bits per heavy atom. The van der Waals surface area contributed by atoms with E-state index in [4.69, 9.17) is 31.5 Å². The zero-order chi connectivity index (χ0) is 23.7. The average Bonchev–Trinajstić information content (AvgIpc) is 3.29. The quantitative estimate of drug-likeness (QED) is 0.393. The van der Waals surface area contributed by atoms with E-state index in [1.807, 2.05) is 48.0 Å². The molecule has 5 rings (SSSR count). The zero-order valence-electron chi connectivity index (χ0n) is 19.6. The Balaban J connectivity index is 1.60. The van der Waals surface area contributed by atoms with E-state index in [0.29, 0.717) is 11.6 Å². The van der Waals surface area contributed by atoms with Crippen LogP contribution in [0.25, 0.3) is 16.8 Å². The van der Waals surface area contributed by atoms with Gasteiger partial charge in [-0.2, -0.15) is 0 Å². The van der Waals surface area contributed by atoms with Crippen LogP contribution in [-0.2, 0) is 19.6 Å². The van der Waals surface area contributed by atoms with E-state index in [1.165, 1.54) is 5.56 Å². The van der Waals surface area contributed by atoms with Gasteiger partial charge in [-0.1, -0.05) is 24.4 Å². The minimum Gasteiger partial charge on any atom is -0.497 e. The molecule has 1 aliphatic heterocycles. The summed E-state index contributed by atoms with van der Waals surface area (Å²) in [5, 5.41) is 8.17. The molecule has 4 aromatic rings. The molecule has 1 N–H and O–H groups in total. The van der Waals surface area contributed by atoms with E-state index in [-0.39, 0.29) is 0 Å². The van der Waals surface area contributed by atoms with Crippen LogP contribution in [0.15, 0.2) is 48.5 Å². The largest absolute Gasteiger partial charge is 0.497 e. The van der Waals surface area contributed by atoms with Crippen molar-refractivity contribution in [1.29, 1.82) is 0 Å². The molecule has 8 heteroatoms. The molecule has 0 unspecified atom stereocenters. The van der Waals surface area contributed by atoms with Gasteiger partial charge in [-0.25, -0.2) is 4.52 Å². The number of hydrogen-bond donors (Lipinski definition) is 1. The monoisotopic (exact) mass is 476 g/mol. The van der Waals surface area contributed by atoms with Crippen molar-refractivity contribution in [2.24, 2.45) is 0 Å². The molecule has 34 heavy (non-hydrogen) atoms. The van der Waals surface area contributed by atoms with Gasteiger partial charge in [0.1, 0.15) is 40.2 Å². The van der Waals surface area contributed by atoms with Crippen LogP contribution in [0.5, 0.6) is 17.2 Å². The first-order valence-electron chi connectivity index (χ1n) is 11.4. The Bertz CT molecular complexity index is 1320. The van der Waals surface area contributed by atoms with E-state index in [9.17, 15) is 0 Å². The number of nitrogens with one attached hydrogen (secondary N) is 1. The fourth-order valence-electron chi connectivity index (χ4n) is 4.63. The van der Waals surface area contributed by atoms with Crippen LogP contribution in [0, 0.1) is 0 Å². The van der Waals surface area contributed by atoms with Crippen molar-refractivity contribution in [3.8, 4) is 28.4 Å². The predicted molar refractivity (Wildman–Crippen MR) is 136 cm³/mol. The molecular formula is C26H28N4O3S. The Labute approximate surface area is 204 Å². The zero-order valence-corrected chi connectivity index (χ0v) is 20.4. The molecule has 0 radical (unpaired) electrons. The number of aromatic nitrogens is 3. The lowest BCUT2D eigenvalue weighted by Gasteiger charge is -2.10. The standard InChI is InChI=1S/C26H28N4O3S/c1-27-25(34)24-23(17-7-9-18(31-2)10-8-17)21-6-4-5-15-29-22(28-30(24)26(21)29)16-33-20-13-11-19(32-3)12-14-20/h7-14H,4-6,15-16H2,1-3H3,(H,27,34). The van der Waals surface area contributed by atoms with E-state index >= 15 is 0 Å². The van der Waals surface area contributed by atoms with Crippen LogP contribution < -0.4 is 19.5 Å². The molecule has 176 valence electrons. The number of rotatable bonds is 7. The minimum absolute atomic E-state index is 0.372. The van der Waals surface area contributed by atoms with Crippen molar-refractivity contribution >= 4 is 22.9 Å². The molecule has 2 aromatic heterocycles. The average molecular weight is 477 g/mol. The maximum Gasteiger partial charge on any atom is 0.169 e. The number of hydrogen-bond acceptors (Lipinski definition) is 5. The molecular weight excluding hydrogens is 448 g/mol. The highest BCUT2D eigenvalue weighted by Gasteiger charge is 2.28. The third-order valence-corrected chi connectivity index (χ3v) is 6.71. The molecule has 3 heterocycles. The number of methoxy groups -OCH3 is 2. The Morgan fingerprint density at radius 2 is 1.62 bits per heavy atom. The Morgan fingerprint density at radius 3 is 2.26 bits per heavy atom. The van der Waals surface area contributed by atoms with Gasteiger partial charge < -0.3 is 24.1 Å². The normalized spacial score (nSPS) is 12.9. The molecule has 0 fully saturated rings. The molecule has 0 saturated carbocycles.